The highest BCUT2D eigenvalue weighted by molar-refractivity contribution is 5.95. The second-order valence-electron chi connectivity index (χ2n) is 9.12. The van der Waals surface area contributed by atoms with E-state index < -0.39 is 66.2 Å². The van der Waals surface area contributed by atoms with Gasteiger partial charge < -0.3 is 36.9 Å². The number of hydrogen-bond acceptors (Lipinski definition) is 6. The van der Waals surface area contributed by atoms with Gasteiger partial charge in [-0.15, -0.1) is 0 Å². The normalized spacial score (nSPS) is 15.1. The number of para-hydroxylation sites is 1. The van der Waals surface area contributed by atoms with Crippen LogP contribution in [0.25, 0.3) is 10.9 Å². The van der Waals surface area contributed by atoms with Gasteiger partial charge in [0.05, 0.1) is 6.04 Å². The summed E-state index contributed by atoms with van der Waals surface area (Å²) in [5.41, 5.74) is 7.31. The molecule has 202 valence electrons. The van der Waals surface area contributed by atoms with Crippen LogP contribution in [0.2, 0.25) is 0 Å². The third-order valence-corrected chi connectivity index (χ3v) is 6.20. The van der Waals surface area contributed by atoms with Crippen molar-refractivity contribution < 1.29 is 34.2 Å². The number of carbonyl (C=O) groups is 5. The maximum absolute atomic E-state index is 13.4. The number of nitrogens with one attached hydrogen (secondary N) is 4. The molecule has 0 aliphatic heterocycles. The molecule has 0 saturated carbocycles. The van der Waals surface area contributed by atoms with Crippen LogP contribution >= 0.6 is 0 Å². The van der Waals surface area contributed by atoms with Gasteiger partial charge >= 0.3 is 11.9 Å². The van der Waals surface area contributed by atoms with Crippen LogP contribution in [-0.4, -0.2) is 69.0 Å². The molecule has 1 aromatic heterocycles. The Kier molecular flexibility index (Phi) is 10.6. The van der Waals surface area contributed by atoms with Crippen LogP contribution in [0.15, 0.2) is 30.5 Å². The van der Waals surface area contributed by atoms with Gasteiger partial charge in [-0.3, -0.25) is 19.2 Å². The van der Waals surface area contributed by atoms with E-state index in [4.69, 9.17) is 10.8 Å². The quantitative estimate of drug-likeness (QED) is 0.188. The fraction of sp³-hybridized carbons (Fsp3) is 0.480. The Hall–Kier alpha value is -3.93. The molecule has 0 fully saturated rings. The van der Waals surface area contributed by atoms with Crippen LogP contribution in [0, 0.1) is 5.92 Å². The first-order valence-electron chi connectivity index (χ1n) is 12.1. The first kappa shape index (κ1) is 29.3. The van der Waals surface area contributed by atoms with Crippen molar-refractivity contribution >= 4 is 40.6 Å². The molecule has 37 heavy (non-hydrogen) atoms. The van der Waals surface area contributed by atoms with Gasteiger partial charge in [-0.1, -0.05) is 38.5 Å². The number of aromatic nitrogens is 1. The van der Waals surface area contributed by atoms with E-state index in [0.717, 1.165) is 16.5 Å². The smallest absolute Gasteiger partial charge is 0.326 e. The average molecular weight is 518 g/mol. The standard InChI is InChI=1S/C25H35N5O7/c1-4-13(2)21(24(35)28-18(25(36)37)9-10-20(31)32)30-23(34)19(29-22(33)14(3)26)11-15-12-27-17-8-6-5-7-16(15)17/h5-8,12-14,18-19,21,27H,4,9-11,26H2,1-3H3,(H,28,35)(H,29,33)(H,30,34)(H,31,32)(H,36,37). The lowest BCUT2D eigenvalue weighted by molar-refractivity contribution is -0.143. The van der Waals surface area contributed by atoms with Crippen LogP contribution in [0.5, 0.6) is 0 Å². The average Bonchev–Trinajstić information content (AvgIpc) is 3.26. The first-order chi connectivity index (χ1) is 17.4. The minimum Gasteiger partial charge on any atom is -0.481 e. The Morgan fingerprint density at radius 3 is 2.19 bits per heavy atom. The highest BCUT2D eigenvalue weighted by Crippen LogP contribution is 2.19. The Morgan fingerprint density at radius 2 is 1.59 bits per heavy atom. The molecule has 2 rings (SSSR count). The molecule has 1 heterocycles. The second kappa shape index (κ2) is 13.4. The molecular weight excluding hydrogens is 482 g/mol. The molecular formula is C25H35N5O7. The van der Waals surface area contributed by atoms with Crippen molar-refractivity contribution in [3.8, 4) is 0 Å². The number of carboxylic acids is 2. The van der Waals surface area contributed by atoms with Gasteiger partial charge in [0.1, 0.15) is 18.1 Å². The third-order valence-electron chi connectivity index (χ3n) is 6.20. The maximum atomic E-state index is 13.4. The molecule has 1 aromatic carbocycles. The summed E-state index contributed by atoms with van der Waals surface area (Å²) < 4.78 is 0. The molecule has 0 saturated heterocycles. The predicted molar refractivity (Wildman–Crippen MR) is 135 cm³/mol. The molecule has 5 atom stereocenters. The second-order valence-corrected chi connectivity index (χ2v) is 9.12. The molecule has 5 unspecified atom stereocenters. The van der Waals surface area contributed by atoms with Crippen molar-refractivity contribution in [3.05, 3.63) is 36.0 Å². The molecule has 12 nitrogen and oxygen atoms in total. The maximum Gasteiger partial charge on any atom is 0.326 e. The molecule has 0 spiro atoms. The predicted octanol–water partition coefficient (Wildman–Crippen LogP) is 0.508. The SMILES string of the molecule is CCC(C)C(NC(=O)C(Cc1c[nH]c2ccccc12)NC(=O)C(C)N)C(=O)NC(CCC(=O)O)C(=O)O. The van der Waals surface area contributed by atoms with Crippen molar-refractivity contribution in [3.63, 3.8) is 0 Å². The number of rotatable bonds is 14. The number of benzene rings is 1. The van der Waals surface area contributed by atoms with E-state index in [1.807, 2.05) is 24.3 Å². The number of carboxylic acid groups (broad SMARTS) is 2. The minimum atomic E-state index is -1.44. The molecule has 3 amide bonds. The van der Waals surface area contributed by atoms with Gasteiger partial charge in [-0.2, -0.15) is 0 Å². The van der Waals surface area contributed by atoms with E-state index in [1.54, 1.807) is 20.0 Å². The van der Waals surface area contributed by atoms with Crippen molar-refractivity contribution in [1.29, 1.82) is 0 Å². The molecule has 12 heteroatoms. The van der Waals surface area contributed by atoms with Gasteiger partial charge in [-0.05, 0) is 30.9 Å². The molecule has 0 aliphatic rings. The summed E-state index contributed by atoms with van der Waals surface area (Å²) in [7, 11) is 0. The minimum absolute atomic E-state index is 0.111. The van der Waals surface area contributed by atoms with Crippen molar-refractivity contribution in [1.82, 2.24) is 20.9 Å². The van der Waals surface area contributed by atoms with Gasteiger partial charge in [-0.25, -0.2) is 4.79 Å². The van der Waals surface area contributed by atoms with Crippen LogP contribution in [0.4, 0.5) is 0 Å². The van der Waals surface area contributed by atoms with Crippen molar-refractivity contribution in [2.45, 2.75) is 70.6 Å². The molecule has 0 radical (unpaired) electrons. The summed E-state index contributed by atoms with van der Waals surface area (Å²) in [4.78, 5) is 64.3. The third kappa shape index (κ3) is 8.31. The van der Waals surface area contributed by atoms with Crippen molar-refractivity contribution in [2.24, 2.45) is 11.7 Å². The molecule has 0 bridgehead atoms. The van der Waals surface area contributed by atoms with Gasteiger partial charge in [0.25, 0.3) is 0 Å². The molecule has 2 aromatic rings. The summed E-state index contributed by atoms with van der Waals surface area (Å²) >= 11 is 0. The largest absolute Gasteiger partial charge is 0.481 e. The van der Waals surface area contributed by atoms with Crippen LogP contribution in [-0.2, 0) is 30.4 Å². The van der Waals surface area contributed by atoms with E-state index >= 15 is 0 Å². The Labute approximate surface area is 214 Å². The summed E-state index contributed by atoms with van der Waals surface area (Å²) in [6.45, 7) is 5.00. The molecule has 8 N–H and O–H groups in total. The first-order valence-corrected chi connectivity index (χ1v) is 12.1. The number of fused-ring (bicyclic) bond motifs is 1. The lowest BCUT2D eigenvalue weighted by Gasteiger charge is -2.28. The highest BCUT2D eigenvalue weighted by atomic mass is 16.4. The topological polar surface area (TPSA) is 204 Å². The van der Waals surface area contributed by atoms with Gasteiger partial charge in [0, 0.05) is 29.9 Å². The lowest BCUT2D eigenvalue weighted by Crippen LogP contribution is -2.59. The zero-order valence-corrected chi connectivity index (χ0v) is 21.1. The van der Waals surface area contributed by atoms with E-state index in [2.05, 4.69) is 20.9 Å². The fourth-order valence-electron chi connectivity index (χ4n) is 3.78. The van der Waals surface area contributed by atoms with E-state index in [9.17, 15) is 29.1 Å². The number of hydrogen-bond donors (Lipinski definition) is 7. The number of carbonyl (C=O) groups excluding carboxylic acids is 3. The Balaban J connectivity index is 2.27. The van der Waals surface area contributed by atoms with Crippen molar-refractivity contribution in [2.75, 3.05) is 0 Å². The molecule has 0 aliphatic carbocycles. The van der Waals surface area contributed by atoms with E-state index in [-0.39, 0.29) is 12.8 Å². The summed E-state index contributed by atoms with van der Waals surface area (Å²) in [5, 5.41) is 26.8. The summed E-state index contributed by atoms with van der Waals surface area (Å²) in [6.07, 6.45) is 1.56. The Morgan fingerprint density at radius 1 is 0.946 bits per heavy atom. The monoisotopic (exact) mass is 517 g/mol. The van der Waals surface area contributed by atoms with E-state index in [0.29, 0.717) is 6.42 Å². The number of H-pyrrole nitrogens is 1. The van der Waals surface area contributed by atoms with Crippen LogP contribution in [0.3, 0.4) is 0 Å². The highest BCUT2D eigenvalue weighted by Gasteiger charge is 2.33. The van der Waals surface area contributed by atoms with Crippen LogP contribution in [0.1, 0.15) is 45.6 Å². The Bertz CT molecular complexity index is 1130. The zero-order valence-electron chi connectivity index (χ0n) is 21.1. The van der Waals surface area contributed by atoms with E-state index in [1.165, 1.54) is 6.92 Å². The number of aromatic amines is 1. The number of amides is 3. The van der Waals surface area contributed by atoms with Gasteiger partial charge in [0.15, 0.2) is 0 Å². The lowest BCUT2D eigenvalue weighted by atomic mass is 9.96. The zero-order chi connectivity index (χ0) is 27.7. The number of nitrogens with two attached hydrogens (primary N) is 1. The summed E-state index contributed by atoms with van der Waals surface area (Å²) in [6, 6.07) is 2.96. The summed E-state index contributed by atoms with van der Waals surface area (Å²) in [5.74, 6) is -4.93. The fourth-order valence-corrected chi connectivity index (χ4v) is 3.78. The number of aliphatic carboxylic acids is 2. The van der Waals surface area contributed by atoms with Crippen LogP contribution < -0.4 is 21.7 Å². The van der Waals surface area contributed by atoms with Gasteiger partial charge in [0.2, 0.25) is 17.7 Å².